The van der Waals surface area contributed by atoms with Crippen LogP contribution in [-0.4, -0.2) is 40.1 Å². The summed E-state index contributed by atoms with van der Waals surface area (Å²) in [5.74, 6) is -0.307. The molecule has 2 atom stereocenters. The number of nitrogens with one attached hydrogen (secondary N) is 1. The molecule has 6 nitrogen and oxygen atoms in total. The zero-order chi connectivity index (χ0) is 20.3. The zero-order valence-electron chi connectivity index (χ0n) is 16.4. The van der Waals surface area contributed by atoms with Crippen molar-refractivity contribution in [3.63, 3.8) is 0 Å². The molecule has 0 aliphatic carbocycles. The Balaban J connectivity index is 1.79. The van der Waals surface area contributed by atoms with Crippen molar-refractivity contribution in [2.24, 2.45) is 0 Å². The highest BCUT2D eigenvalue weighted by atomic mass is 32.2. The molecule has 28 heavy (non-hydrogen) atoms. The van der Waals surface area contributed by atoms with Crippen LogP contribution in [0, 0.1) is 6.92 Å². The number of hydrogen-bond acceptors (Lipinski definition) is 4. The normalized spacial score (nSPS) is 17.9. The Morgan fingerprint density at radius 3 is 2.57 bits per heavy atom. The monoisotopic (exact) mass is 402 g/mol. The lowest BCUT2D eigenvalue weighted by Gasteiger charge is -2.21. The van der Waals surface area contributed by atoms with Crippen LogP contribution in [0.1, 0.15) is 35.7 Å². The van der Waals surface area contributed by atoms with E-state index in [1.807, 2.05) is 26.0 Å². The second kappa shape index (κ2) is 8.32. The minimum Gasteiger partial charge on any atom is -0.376 e. The van der Waals surface area contributed by atoms with Crippen molar-refractivity contribution in [1.82, 2.24) is 5.32 Å². The molecule has 2 aromatic carbocycles. The van der Waals surface area contributed by atoms with Gasteiger partial charge in [0.25, 0.3) is 15.9 Å². The molecule has 1 aliphatic rings. The van der Waals surface area contributed by atoms with E-state index < -0.39 is 10.0 Å². The summed E-state index contributed by atoms with van der Waals surface area (Å²) in [5, 5.41) is 2.91. The van der Waals surface area contributed by atoms with Gasteiger partial charge in [0.1, 0.15) is 0 Å². The first kappa shape index (κ1) is 20.4. The van der Waals surface area contributed by atoms with Crippen LogP contribution >= 0.6 is 0 Å². The van der Waals surface area contributed by atoms with E-state index >= 15 is 0 Å². The van der Waals surface area contributed by atoms with Gasteiger partial charge in [-0.2, -0.15) is 0 Å². The first-order valence-corrected chi connectivity index (χ1v) is 10.8. The molecule has 0 saturated carbocycles. The molecule has 0 spiro atoms. The van der Waals surface area contributed by atoms with Gasteiger partial charge in [-0.25, -0.2) is 8.42 Å². The fourth-order valence-electron chi connectivity index (χ4n) is 3.23. The lowest BCUT2D eigenvalue weighted by Crippen LogP contribution is -2.40. The predicted molar refractivity (Wildman–Crippen MR) is 109 cm³/mol. The minimum atomic E-state index is -3.78. The fourth-order valence-corrected chi connectivity index (χ4v) is 4.47. The third-order valence-corrected chi connectivity index (χ3v) is 6.82. The SMILES string of the molecule is Cc1ccc(N(C)S(=O)(=O)c2cccc(C(=O)NC(C)C3CCCO3)c2)cc1. The maximum atomic E-state index is 13.0. The summed E-state index contributed by atoms with van der Waals surface area (Å²) < 4.78 is 32.8. The van der Waals surface area contributed by atoms with Crippen LogP contribution in [0.25, 0.3) is 0 Å². The van der Waals surface area contributed by atoms with E-state index in [1.165, 1.54) is 23.5 Å². The Morgan fingerprint density at radius 1 is 1.21 bits per heavy atom. The third kappa shape index (κ3) is 4.36. The maximum Gasteiger partial charge on any atom is 0.264 e. The van der Waals surface area contributed by atoms with Crippen LogP contribution < -0.4 is 9.62 Å². The summed E-state index contributed by atoms with van der Waals surface area (Å²) >= 11 is 0. The van der Waals surface area contributed by atoms with Gasteiger partial charge in [0.05, 0.1) is 22.7 Å². The second-order valence-corrected chi connectivity index (χ2v) is 9.12. The molecule has 3 rings (SSSR count). The van der Waals surface area contributed by atoms with Crippen molar-refractivity contribution in [1.29, 1.82) is 0 Å². The van der Waals surface area contributed by atoms with Crippen molar-refractivity contribution in [3.8, 4) is 0 Å². The molecule has 2 aromatic rings. The molecule has 1 aliphatic heterocycles. The minimum absolute atomic E-state index is 0.00327. The lowest BCUT2D eigenvalue weighted by molar-refractivity contribution is 0.0712. The number of amides is 1. The lowest BCUT2D eigenvalue weighted by atomic mass is 10.1. The van der Waals surface area contributed by atoms with E-state index in [1.54, 1.807) is 24.3 Å². The number of carbonyl (C=O) groups is 1. The molecule has 7 heteroatoms. The van der Waals surface area contributed by atoms with Crippen molar-refractivity contribution in [2.75, 3.05) is 18.0 Å². The highest BCUT2D eigenvalue weighted by molar-refractivity contribution is 7.92. The van der Waals surface area contributed by atoms with Crippen LogP contribution in [0.3, 0.4) is 0 Å². The molecule has 1 heterocycles. The average molecular weight is 403 g/mol. The smallest absolute Gasteiger partial charge is 0.264 e. The molecule has 150 valence electrons. The number of nitrogens with zero attached hydrogens (tertiary/aromatic N) is 1. The fraction of sp³-hybridized carbons (Fsp3) is 0.381. The van der Waals surface area contributed by atoms with Crippen LogP contribution in [0.4, 0.5) is 5.69 Å². The molecule has 1 N–H and O–H groups in total. The predicted octanol–water partition coefficient (Wildman–Crippen LogP) is 3.12. The van der Waals surface area contributed by atoms with Crippen LogP contribution in [-0.2, 0) is 14.8 Å². The van der Waals surface area contributed by atoms with Gasteiger partial charge in [-0.15, -0.1) is 0 Å². The van der Waals surface area contributed by atoms with Crippen LogP contribution in [0.5, 0.6) is 0 Å². The van der Waals surface area contributed by atoms with Gasteiger partial charge in [0, 0.05) is 19.2 Å². The number of rotatable bonds is 6. The number of sulfonamides is 1. The van der Waals surface area contributed by atoms with Gasteiger partial charge >= 0.3 is 0 Å². The molecule has 1 amide bonds. The highest BCUT2D eigenvalue weighted by Gasteiger charge is 2.25. The molecular formula is C21H26N2O4S. The molecule has 1 saturated heterocycles. The van der Waals surface area contributed by atoms with E-state index in [0.29, 0.717) is 17.9 Å². The van der Waals surface area contributed by atoms with Crippen molar-refractivity contribution in [2.45, 2.75) is 43.7 Å². The Hall–Kier alpha value is -2.38. The number of hydrogen-bond donors (Lipinski definition) is 1. The molecule has 0 bridgehead atoms. The van der Waals surface area contributed by atoms with Gasteiger partial charge < -0.3 is 10.1 Å². The first-order valence-electron chi connectivity index (χ1n) is 9.37. The van der Waals surface area contributed by atoms with Crippen LogP contribution in [0.15, 0.2) is 53.4 Å². The van der Waals surface area contributed by atoms with E-state index in [0.717, 1.165) is 18.4 Å². The van der Waals surface area contributed by atoms with E-state index in [2.05, 4.69) is 5.32 Å². The van der Waals surface area contributed by atoms with Gasteiger partial charge in [-0.1, -0.05) is 23.8 Å². The maximum absolute atomic E-state index is 13.0. The largest absolute Gasteiger partial charge is 0.376 e. The van der Waals surface area contributed by atoms with E-state index in [9.17, 15) is 13.2 Å². The summed E-state index contributed by atoms with van der Waals surface area (Å²) in [6.45, 7) is 4.56. The van der Waals surface area contributed by atoms with Gasteiger partial charge in [-0.3, -0.25) is 9.10 Å². The average Bonchev–Trinajstić information content (AvgIpc) is 3.23. The molecule has 2 unspecified atom stereocenters. The van der Waals surface area contributed by atoms with Gasteiger partial charge in [0.2, 0.25) is 0 Å². The Bertz CT molecular complexity index is 935. The summed E-state index contributed by atoms with van der Waals surface area (Å²) in [7, 11) is -2.27. The summed E-state index contributed by atoms with van der Waals surface area (Å²) in [6.07, 6.45) is 1.91. The summed E-state index contributed by atoms with van der Waals surface area (Å²) in [6, 6.07) is 13.2. The second-order valence-electron chi connectivity index (χ2n) is 7.15. The van der Waals surface area contributed by atoms with E-state index in [-0.39, 0.29) is 22.9 Å². The number of ether oxygens (including phenoxy) is 1. The van der Waals surface area contributed by atoms with Gasteiger partial charge in [-0.05, 0) is 57.0 Å². The molecule has 1 fully saturated rings. The number of aryl methyl sites for hydroxylation is 1. The topological polar surface area (TPSA) is 75.7 Å². The molecular weight excluding hydrogens is 376 g/mol. The number of anilines is 1. The van der Waals surface area contributed by atoms with E-state index in [4.69, 9.17) is 4.74 Å². The first-order chi connectivity index (χ1) is 13.3. The molecule has 0 aromatic heterocycles. The van der Waals surface area contributed by atoms with Crippen LogP contribution in [0.2, 0.25) is 0 Å². The Kier molecular flexibility index (Phi) is 6.05. The highest BCUT2D eigenvalue weighted by Crippen LogP contribution is 2.23. The Labute approximate surface area is 166 Å². The van der Waals surface area contributed by atoms with Gasteiger partial charge in [0.15, 0.2) is 0 Å². The number of benzene rings is 2. The third-order valence-electron chi connectivity index (χ3n) is 5.03. The Morgan fingerprint density at radius 2 is 1.93 bits per heavy atom. The van der Waals surface area contributed by atoms with Crippen molar-refractivity contribution >= 4 is 21.6 Å². The zero-order valence-corrected chi connectivity index (χ0v) is 17.2. The summed E-state index contributed by atoms with van der Waals surface area (Å²) in [5.41, 5.74) is 1.92. The quantitative estimate of drug-likeness (QED) is 0.806. The standard InChI is InChI=1S/C21H26N2O4S/c1-15-9-11-18(12-10-15)23(3)28(25,26)19-7-4-6-17(14-19)21(24)22-16(2)20-8-5-13-27-20/h4,6-7,9-12,14,16,20H,5,8,13H2,1-3H3,(H,22,24). The molecule has 0 radical (unpaired) electrons. The van der Waals surface area contributed by atoms with Crippen molar-refractivity contribution < 1.29 is 17.9 Å². The summed E-state index contributed by atoms with van der Waals surface area (Å²) in [4.78, 5) is 12.7. The van der Waals surface area contributed by atoms with Crippen molar-refractivity contribution in [3.05, 3.63) is 59.7 Å². The number of carbonyl (C=O) groups excluding carboxylic acids is 1.